The summed E-state index contributed by atoms with van der Waals surface area (Å²) >= 11 is 0. The molecule has 1 N–H and O–H groups in total. The Morgan fingerprint density at radius 3 is 1.55 bits per heavy atom. The molecule has 0 amide bonds. The molecule has 0 radical (unpaired) electrons. The molecule has 22 heavy (non-hydrogen) atoms. The fourth-order valence-electron chi connectivity index (χ4n) is 2.30. The number of aliphatic carboxylic acids is 1. The number of rotatable bonds is 3. The fraction of sp³-hybridized carbons (Fsp3) is 0.632. The van der Waals surface area contributed by atoms with Crippen molar-refractivity contribution in [2.24, 2.45) is 0 Å². The van der Waals surface area contributed by atoms with Gasteiger partial charge in [0.2, 0.25) is 0 Å². The summed E-state index contributed by atoms with van der Waals surface area (Å²) in [5, 5.41) is 9.42. The van der Waals surface area contributed by atoms with E-state index >= 15 is 0 Å². The fourth-order valence-corrected chi connectivity index (χ4v) is 2.30. The molecule has 1 aromatic carbocycles. The second-order valence-corrected chi connectivity index (χ2v) is 8.61. The van der Waals surface area contributed by atoms with E-state index in [9.17, 15) is 9.90 Å². The Kier molecular flexibility index (Phi) is 4.72. The van der Waals surface area contributed by atoms with E-state index in [1.165, 1.54) is 0 Å². The van der Waals surface area contributed by atoms with Gasteiger partial charge in [-0.05, 0) is 31.6 Å². The zero-order chi connectivity index (χ0) is 17.5. The number of benzene rings is 1. The van der Waals surface area contributed by atoms with Gasteiger partial charge < -0.3 is 9.84 Å². The van der Waals surface area contributed by atoms with Crippen LogP contribution in [-0.2, 0) is 15.6 Å². The molecule has 0 bridgehead atoms. The Morgan fingerprint density at radius 1 is 0.909 bits per heavy atom. The molecular formula is C19H30O3. The van der Waals surface area contributed by atoms with E-state index in [2.05, 4.69) is 60.6 Å². The van der Waals surface area contributed by atoms with Gasteiger partial charge >= 0.3 is 5.97 Å². The minimum Gasteiger partial charge on any atom is -0.478 e. The van der Waals surface area contributed by atoms with Gasteiger partial charge in [-0.1, -0.05) is 59.2 Å². The molecule has 0 spiro atoms. The number of carbonyl (C=O) groups is 1. The molecule has 0 aliphatic carbocycles. The smallest absolute Gasteiger partial charge is 0.347 e. The molecule has 0 aliphatic heterocycles. The summed E-state index contributed by atoms with van der Waals surface area (Å²) in [4.78, 5) is 11.5. The number of carboxylic acids is 1. The third-order valence-corrected chi connectivity index (χ3v) is 3.72. The van der Waals surface area contributed by atoms with Crippen LogP contribution in [0.3, 0.4) is 0 Å². The van der Waals surface area contributed by atoms with E-state index in [1.807, 2.05) is 0 Å². The normalized spacial score (nSPS) is 13.1. The Balaban J connectivity index is 3.67. The Morgan fingerprint density at radius 2 is 1.27 bits per heavy atom. The molecular weight excluding hydrogens is 276 g/mol. The first-order valence-corrected chi connectivity index (χ1v) is 7.74. The van der Waals surface area contributed by atoms with Gasteiger partial charge in [0.1, 0.15) is 5.75 Å². The standard InChI is InChI=1S/C19H30O3/c1-12-10-13(17(2,3)4)15(14(11-12)18(5,6)7)22-19(8,9)16(20)21/h10-11H,1-9H3,(H,20,21). The van der Waals surface area contributed by atoms with Gasteiger partial charge in [-0.25, -0.2) is 4.79 Å². The summed E-state index contributed by atoms with van der Waals surface area (Å²) in [6.45, 7) is 18.0. The van der Waals surface area contributed by atoms with E-state index in [-0.39, 0.29) is 10.8 Å². The third kappa shape index (κ3) is 4.02. The quantitative estimate of drug-likeness (QED) is 0.869. The molecule has 0 unspecified atom stereocenters. The van der Waals surface area contributed by atoms with Crippen LogP contribution in [0.15, 0.2) is 12.1 Å². The van der Waals surface area contributed by atoms with E-state index in [1.54, 1.807) is 13.8 Å². The summed E-state index contributed by atoms with van der Waals surface area (Å²) in [5.74, 6) is -0.259. The van der Waals surface area contributed by atoms with Crippen LogP contribution in [0.25, 0.3) is 0 Å². The molecule has 0 saturated carbocycles. The maximum Gasteiger partial charge on any atom is 0.347 e. The Hall–Kier alpha value is -1.51. The first-order chi connectivity index (χ1) is 9.66. The minimum atomic E-state index is -1.27. The molecule has 3 heteroatoms. The van der Waals surface area contributed by atoms with Crippen molar-refractivity contribution in [1.82, 2.24) is 0 Å². The lowest BCUT2D eigenvalue weighted by Gasteiger charge is -2.33. The largest absolute Gasteiger partial charge is 0.478 e. The summed E-state index contributed by atoms with van der Waals surface area (Å²) in [7, 11) is 0. The summed E-state index contributed by atoms with van der Waals surface area (Å²) in [5.41, 5.74) is 1.73. The summed E-state index contributed by atoms with van der Waals surface area (Å²) < 4.78 is 6.03. The molecule has 0 atom stereocenters. The van der Waals surface area contributed by atoms with Gasteiger partial charge in [-0.3, -0.25) is 0 Å². The molecule has 0 fully saturated rings. The van der Waals surface area contributed by atoms with Crippen molar-refractivity contribution in [1.29, 1.82) is 0 Å². The van der Waals surface area contributed by atoms with E-state index in [4.69, 9.17) is 4.74 Å². The number of aryl methyl sites for hydroxylation is 1. The first kappa shape index (κ1) is 18.5. The second-order valence-electron chi connectivity index (χ2n) is 8.61. The first-order valence-electron chi connectivity index (χ1n) is 7.74. The SMILES string of the molecule is Cc1cc(C(C)(C)C)c(OC(C)(C)C(=O)O)c(C(C)(C)C)c1. The monoisotopic (exact) mass is 306 g/mol. The molecule has 0 aromatic heterocycles. The highest BCUT2D eigenvalue weighted by atomic mass is 16.5. The van der Waals surface area contributed by atoms with E-state index in [0.717, 1.165) is 16.7 Å². The minimum absolute atomic E-state index is 0.129. The van der Waals surface area contributed by atoms with Crippen molar-refractivity contribution >= 4 is 5.97 Å². The highest BCUT2D eigenvalue weighted by Gasteiger charge is 2.35. The van der Waals surface area contributed by atoms with Gasteiger partial charge in [0.05, 0.1) is 0 Å². The lowest BCUT2D eigenvalue weighted by atomic mass is 9.78. The van der Waals surface area contributed by atoms with Crippen molar-refractivity contribution in [3.63, 3.8) is 0 Å². The Bertz CT molecular complexity index is 534. The molecule has 1 aromatic rings. The van der Waals surface area contributed by atoms with Crippen LogP contribution in [0.4, 0.5) is 0 Å². The molecule has 124 valence electrons. The molecule has 0 heterocycles. The van der Waals surface area contributed by atoms with E-state index < -0.39 is 11.6 Å². The molecule has 0 aliphatic rings. The van der Waals surface area contributed by atoms with Crippen LogP contribution >= 0.6 is 0 Å². The van der Waals surface area contributed by atoms with Gasteiger partial charge in [-0.15, -0.1) is 0 Å². The average Bonchev–Trinajstić information content (AvgIpc) is 2.27. The zero-order valence-electron chi connectivity index (χ0n) is 15.4. The maximum atomic E-state index is 11.5. The van der Waals surface area contributed by atoms with Gasteiger partial charge in [0, 0.05) is 11.1 Å². The highest BCUT2D eigenvalue weighted by Crippen LogP contribution is 2.42. The third-order valence-electron chi connectivity index (χ3n) is 3.72. The van der Waals surface area contributed by atoms with Crippen molar-refractivity contribution in [3.05, 3.63) is 28.8 Å². The molecule has 0 saturated heterocycles. The van der Waals surface area contributed by atoms with Crippen molar-refractivity contribution < 1.29 is 14.6 Å². The van der Waals surface area contributed by atoms with Crippen molar-refractivity contribution in [2.75, 3.05) is 0 Å². The Labute approximate surface area is 134 Å². The van der Waals surface area contributed by atoms with Crippen LogP contribution in [0.2, 0.25) is 0 Å². The van der Waals surface area contributed by atoms with Crippen LogP contribution in [0.5, 0.6) is 5.75 Å². The van der Waals surface area contributed by atoms with Crippen LogP contribution < -0.4 is 4.74 Å². The maximum absolute atomic E-state index is 11.5. The highest BCUT2D eigenvalue weighted by molar-refractivity contribution is 5.77. The predicted molar refractivity (Wildman–Crippen MR) is 90.9 cm³/mol. The van der Waals surface area contributed by atoms with Gasteiger partial charge in [0.25, 0.3) is 0 Å². The van der Waals surface area contributed by atoms with Crippen LogP contribution in [-0.4, -0.2) is 16.7 Å². The predicted octanol–water partition coefficient (Wildman–Crippen LogP) is 4.83. The lowest BCUT2D eigenvalue weighted by molar-refractivity contribution is -0.152. The van der Waals surface area contributed by atoms with Crippen molar-refractivity contribution in [2.45, 2.75) is 78.7 Å². The van der Waals surface area contributed by atoms with Gasteiger partial charge in [-0.2, -0.15) is 0 Å². The lowest BCUT2D eigenvalue weighted by Crippen LogP contribution is -2.39. The number of hydrogen-bond acceptors (Lipinski definition) is 2. The van der Waals surface area contributed by atoms with Crippen LogP contribution in [0.1, 0.15) is 72.1 Å². The average molecular weight is 306 g/mol. The summed E-state index contributed by atoms with van der Waals surface area (Å²) in [6, 6.07) is 4.20. The zero-order valence-corrected chi connectivity index (χ0v) is 15.4. The number of carboxylic acid groups (broad SMARTS) is 1. The van der Waals surface area contributed by atoms with Crippen LogP contribution in [0, 0.1) is 6.92 Å². The van der Waals surface area contributed by atoms with Gasteiger partial charge in [0.15, 0.2) is 5.60 Å². The topological polar surface area (TPSA) is 46.5 Å². The number of hydrogen-bond donors (Lipinski definition) is 1. The molecule has 3 nitrogen and oxygen atoms in total. The second kappa shape index (κ2) is 5.60. The van der Waals surface area contributed by atoms with E-state index in [0.29, 0.717) is 5.75 Å². The molecule has 1 rings (SSSR count). The number of ether oxygens (including phenoxy) is 1. The summed E-state index contributed by atoms with van der Waals surface area (Å²) in [6.07, 6.45) is 0. The van der Waals surface area contributed by atoms with Crippen molar-refractivity contribution in [3.8, 4) is 5.75 Å².